The van der Waals surface area contributed by atoms with Gasteiger partial charge in [-0.05, 0) is 35.9 Å². The van der Waals surface area contributed by atoms with E-state index < -0.39 is 0 Å². The van der Waals surface area contributed by atoms with E-state index in [0.29, 0.717) is 16.3 Å². The van der Waals surface area contributed by atoms with E-state index in [-0.39, 0.29) is 12.6 Å². The van der Waals surface area contributed by atoms with E-state index >= 15 is 0 Å². The lowest BCUT2D eigenvalue weighted by atomic mass is 10.1. The predicted octanol–water partition coefficient (Wildman–Crippen LogP) is 3.96. The van der Waals surface area contributed by atoms with Crippen LogP contribution >= 0.6 is 11.6 Å². The molecule has 1 heterocycles. The third-order valence-electron chi connectivity index (χ3n) is 2.96. The summed E-state index contributed by atoms with van der Waals surface area (Å²) in [5.41, 5.74) is 1.36. The third kappa shape index (κ3) is 2.53. The lowest BCUT2D eigenvalue weighted by Gasteiger charge is -1.99. The molecule has 0 atom stereocenters. The van der Waals surface area contributed by atoms with Crippen LogP contribution in [0.2, 0.25) is 5.02 Å². The molecule has 0 aliphatic carbocycles. The highest BCUT2D eigenvalue weighted by molar-refractivity contribution is 6.34. The Kier molecular flexibility index (Phi) is 3.44. The summed E-state index contributed by atoms with van der Waals surface area (Å²) in [7, 11) is 0. The normalized spacial score (nSPS) is 12.8. The molecule has 0 fully saturated rings. The van der Waals surface area contributed by atoms with Crippen LogP contribution in [0.5, 0.6) is 11.5 Å². The summed E-state index contributed by atoms with van der Waals surface area (Å²) in [6, 6.07) is 12.5. The quantitative estimate of drug-likeness (QED) is 0.633. The first-order valence-electron chi connectivity index (χ1n) is 6.10. The molecule has 20 heavy (non-hydrogen) atoms. The summed E-state index contributed by atoms with van der Waals surface area (Å²) in [5.74, 6) is 1.28. The van der Waals surface area contributed by atoms with Crippen molar-refractivity contribution in [1.82, 2.24) is 0 Å². The Morgan fingerprint density at radius 1 is 1.10 bits per heavy atom. The van der Waals surface area contributed by atoms with Gasteiger partial charge in [0.05, 0.1) is 5.02 Å². The molecule has 0 radical (unpaired) electrons. The fourth-order valence-electron chi connectivity index (χ4n) is 1.94. The number of hydrogen-bond donors (Lipinski definition) is 0. The van der Waals surface area contributed by atoms with Crippen molar-refractivity contribution >= 4 is 23.5 Å². The number of ether oxygens (including phenoxy) is 2. The molecular weight excluding hydrogens is 276 g/mol. The minimum absolute atomic E-state index is 0.131. The van der Waals surface area contributed by atoms with Crippen molar-refractivity contribution in [1.29, 1.82) is 0 Å². The molecule has 0 aromatic heterocycles. The molecule has 100 valence electrons. The molecule has 1 aliphatic rings. The second kappa shape index (κ2) is 5.39. The maximum Gasteiger partial charge on any atom is 0.231 e. The Bertz CT molecular complexity index is 692. The van der Waals surface area contributed by atoms with Gasteiger partial charge in [-0.2, -0.15) is 0 Å². The Balaban J connectivity index is 1.81. The SMILES string of the molecule is O=C(C=Cc1ccc2c(c1)OCO2)c1ccccc1Cl. The van der Waals surface area contributed by atoms with Crippen molar-refractivity contribution < 1.29 is 14.3 Å². The van der Waals surface area contributed by atoms with Gasteiger partial charge in [-0.15, -0.1) is 0 Å². The second-order valence-electron chi connectivity index (χ2n) is 4.29. The molecule has 0 amide bonds. The van der Waals surface area contributed by atoms with Crippen LogP contribution in [0.1, 0.15) is 15.9 Å². The third-order valence-corrected chi connectivity index (χ3v) is 3.29. The molecule has 1 aliphatic heterocycles. The Hall–Kier alpha value is -2.26. The zero-order chi connectivity index (χ0) is 13.9. The van der Waals surface area contributed by atoms with Crippen LogP contribution in [0.25, 0.3) is 6.08 Å². The molecule has 0 bridgehead atoms. The number of halogens is 1. The van der Waals surface area contributed by atoms with Gasteiger partial charge in [-0.3, -0.25) is 4.79 Å². The van der Waals surface area contributed by atoms with E-state index in [1.54, 1.807) is 30.3 Å². The van der Waals surface area contributed by atoms with Gasteiger partial charge in [0, 0.05) is 5.56 Å². The lowest BCUT2D eigenvalue weighted by molar-refractivity contribution is 0.104. The average Bonchev–Trinajstić information content (AvgIpc) is 2.92. The van der Waals surface area contributed by atoms with Crippen LogP contribution in [0, 0.1) is 0 Å². The van der Waals surface area contributed by atoms with Crippen molar-refractivity contribution in [2.24, 2.45) is 0 Å². The van der Waals surface area contributed by atoms with Crippen molar-refractivity contribution in [2.75, 3.05) is 6.79 Å². The fraction of sp³-hybridized carbons (Fsp3) is 0.0625. The molecule has 0 spiro atoms. The Morgan fingerprint density at radius 2 is 1.90 bits per heavy atom. The monoisotopic (exact) mass is 286 g/mol. The van der Waals surface area contributed by atoms with Gasteiger partial charge in [-0.1, -0.05) is 35.9 Å². The van der Waals surface area contributed by atoms with Crippen molar-refractivity contribution in [3.05, 3.63) is 64.7 Å². The minimum atomic E-state index is -0.131. The number of hydrogen-bond acceptors (Lipinski definition) is 3. The van der Waals surface area contributed by atoms with Gasteiger partial charge in [0.25, 0.3) is 0 Å². The largest absolute Gasteiger partial charge is 0.454 e. The van der Waals surface area contributed by atoms with Gasteiger partial charge in [-0.25, -0.2) is 0 Å². The minimum Gasteiger partial charge on any atom is -0.454 e. The average molecular weight is 287 g/mol. The van der Waals surface area contributed by atoms with Crippen molar-refractivity contribution in [3.8, 4) is 11.5 Å². The van der Waals surface area contributed by atoms with E-state index in [2.05, 4.69) is 0 Å². The summed E-state index contributed by atoms with van der Waals surface area (Å²) in [5, 5.41) is 0.452. The molecule has 2 aromatic carbocycles. The van der Waals surface area contributed by atoms with Gasteiger partial charge in [0.1, 0.15) is 0 Å². The molecular formula is C16H11ClO3. The Morgan fingerprint density at radius 3 is 2.75 bits per heavy atom. The van der Waals surface area contributed by atoms with E-state index in [1.165, 1.54) is 6.08 Å². The molecule has 3 nitrogen and oxygen atoms in total. The highest BCUT2D eigenvalue weighted by atomic mass is 35.5. The van der Waals surface area contributed by atoms with Crippen LogP contribution in [-0.4, -0.2) is 12.6 Å². The molecule has 2 aromatic rings. The second-order valence-corrected chi connectivity index (χ2v) is 4.70. The van der Waals surface area contributed by atoms with Crippen LogP contribution < -0.4 is 9.47 Å². The summed E-state index contributed by atoms with van der Waals surface area (Å²) in [6.07, 6.45) is 3.23. The number of carbonyl (C=O) groups is 1. The first kappa shape index (κ1) is 12.8. The van der Waals surface area contributed by atoms with Gasteiger partial charge < -0.3 is 9.47 Å². The number of allylic oxidation sites excluding steroid dienone is 1. The van der Waals surface area contributed by atoms with Crippen LogP contribution in [0.3, 0.4) is 0 Å². The van der Waals surface area contributed by atoms with Crippen LogP contribution in [0.15, 0.2) is 48.5 Å². The lowest BCUT2D eigenvalue weighted by Crippen LogP contribution is -1.94. The molecule has 0 unspecified atom stereocenters. The number of ketones is 1. The maximum atomic E-state index is 12.0. The van der Waals surface area contributed by atoms with Crippen LogP contribution in [-0.2, 0) is 0 Å². The predicted molar refractivity (Wildman–Crippen MR) is 77.4 cm³/mol. The summed E-state index contributed by atoms with van der Waals surface area (Å²) >= 11 is 5.99. The number of benzene rings is 2. The number of carbonyl (C=O) groups excluding carboxylic acids is 1. The zero-order valence-electron chi connectivity index (χ0n) is 10.5. The van der Waals surface area contributed by atoms with Crippen molar-refractivity contribution in [2.45, 2.75) is 0 Å². The van der Waals surface area contributed by atoms with E-state index in [4.69, 9.17) is 21.1 Å². The summed E-state index contributed by atoms with van der Waals surface area (Å²) in [4.78, 5) is 12.0. The fourth-order valence-corrected chi connectivity index (χ4v) is 2.17. The Labute approximate surface area is 121 Å². The first-order chi connectivity index (χ1) is 9.74. The first-order valence-corrected chi connectivity index (χ1v) is 6.48. The maximum absolute atomic E-state index is 12.0. The highest BCUT2D eigenvalue weighted by Gasteiger charge is 2.12. The van der Waals surface area contributed by atoms with Gasteiger partial charge in [0.2, 0.25) is 6.79 Å². The van der Waals surface area contributed by atoms with Crippen molar-refractivity contribution in [3.63, 3.8) is 0 Å². The van der Waals surface area contributed by atoms with Crippen LogP contribution in [0.4, 0.5) is 0 Å². The molecule has 4 heteroatoms. The smallest absolute Gasteiger partial charge is 0.231 e. The standard InChI is InChI=1S/C16H11ClO3/c17-13-4-2-1-3-12(13)14(18)7-5-11-6-8-15-16(9-11)20-10-19-15/h1-9H,10H2. The molecule has 0 saturated heterocycles. The van der Waals surface area contributed by atoms with Gasteiger partial charge in [0.15, 0.2) is 17.3 Å². The van der Waals surface area contributed by atoms with E-state index in [9.17, 15) is 4.79 Å². The summed E-state index contributed by atoms with van der Waals surface area (Å²) < 4.78 is 10.5. The number of fused-ring (bicyclic) bond motifs is 1. The summed E-state index contributed by atoms with van der Waals surface area (Å²) in [6.45, 7) is 0.237. The molecule has 0 N–H and O–H groups in total. The zero-order valence-corrected chi connectivity index (χ0v) is 11.3. The molecule has 0 saturated carbocycles. The molecule has 3 rings (SSSR count). The van der Waals surface area contributed by atoms with E-state index in [1.807, 2.05) is 18.2 Å². The van der Waals surface area contributed by atoms with Gasteiger partial charge >= 0.3 is 0 Å². The topological polar surface area (TPSA) is 35.5 Å². The van der Waals surface area contributed by atoms with E-state index in [0.717, 1.165) is 11.3 Å². The number of rotatable bonds is 3. The highest BCUT2D eigenvalue weighted by Crippen LogP contribution is 2.32.